The van der Waals surface area contributed by atoms with Crippen molar-refractivity contribution < 1.29 is 9.53 Å². The van der Waals surface area contributed by atoms with Crippen LogP contribution < -0.4 is 4.74 Å². The number of hydrogen-bond donors (Lipinski definition) is 0. The summed E-state index contributed by atoms with van der Waals surface area (Å²) in [5.74, 6) is 0.819. The Morgan fingerprint density at radius 2 is 1.69 bits per heavy atom. The van der Waals surface area contributed by atoms with Crippen LogP contribution in [0.3, 0.4) is 0 Å². The number of fused-ring (bicyclic) bond motifs is 4. The van der Waals surface area contributed by atoms with Gasteiger partial charge in [0.05, 0.1) is 18.5 Å². The number of ketones is 1. The molecule has 5 rings (SSSR count). The van der Waals surface area contributed by atoms with Crippen molar-refractivity contribution in [1.82, 2.24) is 0 Å². The summed E-state index contributed by atoms with van der Waals surface area (Å²) < 4.78 is 4.54. The Hall–Kier alpha value is -2.85. The molecular weight excluding hydrogens is 342 g/mol. The smallest absolute Gasteiger partial charge is 0.190 e. The molecule has 0 aromatic heterocycles. The molecule has 1 aliphatic heterocycles. The number of rotatable bonds is 2. The van der Waals surface area contributed by atoms with Crippen molar-refractivity contribution in [3.05, 3.63) is 89.5 Å². The number of aliphatic imine (C=N–C) groups is 1. The van der Waals surface area contributed by atoms with Gasteiger partial charge in [-0.3, -0.25) is 4.79 Å². The summed E-state index contributed by atoms with van der Waals surface area (Å²) in [5.41, 5.74) is 4.28. The molecule has 1 heterocycles. The number of methoxy groups -OCH3 is 1. The molecule has 126 valence electrons. The van der Waals surface area contributed by atoms with Crippen LogP contribution >= 0.6 is 11.8 Å². The molecule has 0 fully saturated rings. The molecule has 1 unspecified atom stereocenters. The number of nitrogens with zero attached hydrogens (tertiary/aromatic N) is 1. The lowest BCUT2D eigenvalue weighted by atomic mass is 9.91. The van der Waals surface area contributed by atoms with Crippen molar-refractivity contribution >= 4 is 28.9 Å². The SMILES string of the molecule is COc1cccc(C23Sc4ccccc4N=C2c2ccccc2C3=O)c1. The molecule has 0 radical (unpaired) electrons. The van der Waals surface area contributed by atoms with Crippen LogP contribution in [-0.4, -0.2) is 18.6 Å². The summed E-state index contributed by atoms with van der Waals surface area (Å²) in [6.07, 6.45) is 0. The first-order valence-electron chi connectivity index (χ1n) is 8.40. The van der Waals surface area contributed by atoms with Gasteiger partial charge in [-0.05, 0) is 29.8 Å². The van der Waals surface area contributed by atoms with E-state index in [2.05, 4.69) is 0 Å². The average molecular weight is 357 g/mol. The lowest BCUT2D eigenvalue weighted by molar-refractivity contribution is 0.0976. The highest BCUT2D eigenvalue weighted by molar-refractivity contribution is 8.02. The minimum Gasteiger partial charge on any atom is -0.497 e. The summed E-state index contributed by atoms with van der Waals surface area (Å²) in [6, 6.07) is 23.5. The van der Waals surface area contributed by atoms with Crippen molar-refractivity contribution in [2.75, 3.05) is 7.11 Å². The second-order valence-electron chi connectivity index (χ2n) is 6.32. The minimum atomic E-state index is -0.868. The minimum absolute atomic E-state index is 0.0830. The van der Waals surface area contributed by atoms with Gasteiger partial charge in [-0.25, -0.2) is 4.99 Å². The highest BCUT2D eigenvalue weighted by atomic mass is 32.2. The Bertz CT molecular complexity index is 1090. The summed E-state index contributed by atoms with van der Waals surface area (Å²) in [5, 5.41) is 0. The maximum Gasteiger partial charge on any atom is 0.190 e. The van der Waals surface area contributed by atoms with E-state index in [4.69, 9.17) is 9.73 Å². The number of hydrogen-bond acceptors (Lipinski definition) is 4. The first-order chi connectivity index (χ1) is 12.7. The lowest BCUT2D eigenvalue weighted by Crippen LogP contribution is -2.36. The average Bonchev–Trinajstić information content (AvgIpc) is 2.96. The van der Waals surface area contributed by atoms with Gasteiger partial charge in [-0.2, -0.15) is 0 Å². The first kappa shape index (κ1) is 15.4. The number of benzene rings is 3. The Balaban J connectivity index is 1.83. The Morgan fingerprint density at radius 3 is 2.54 bits per heavy atom. The van der Waals surface area contributed by atoms with E-state index in [1.807, 2.05) is 72.8 Å². The molecule has 0 amide bonds. The molecule has 2 aliphatic rings. The van der Waals surface area contributed by atoms with Crippen molar-refractivity contribution in [2.24, 2.45) is 4.99 Å². The molecule has 0 N–H and O–H groups in total. The second-order valence-corrected chi connectivity index (χ2v) is 7.57. The summed E-state index contributed by atoms with van der Waals surface area (Å²) >= 11 is 1.58. The lowest BCUT2D eigenvalue weighted by Gasteiger charge is -2.32. The topological polar surface area (TPSA) is 38.7 Å². The largest absolute Gasteiger partial charge is 0.497 e. The van der Waals surface area contributed by atoms with E-state index in [-0.39, 0.29) is 5.78 Å². The fourth-order valence-electron chi connectivity index (χ4n) is 3.70. The van der Waals surface area contributed by atoms with Crippen molar-refractivity contribution in [1.29, 1.82) is 0 Å². The Morgan fingerprint density at radius 1 is 0.923 bits per heavy atom. The van der Waals surface area contributed by atoms with Gasteiger partial charge in [0.2, 0.25) is 0 Å². The predicted molar refractivity (Wildman–Crippen MR) is 104 cm³/mol. The molecular formula is C22H15NO2S. The van der Waals surface area contributed by atoms with E-state index in [1.165, 1.54) is 0 Å². The summed E-state index contributed by atoms with van der Waals surface area (Å²) in [7, 11) is 1.64. The molecule has 0 spiro atoms. The predicted octanol–water partition coefficient (Wildman–Crippen LogP) is 5.01. The highest BCUT2D eigenvalue weighted by Gasteiger charge is 2.55. The number of Topliss-reactive ketones (excluding diaryl/α,β-unsaturated/α-hetero) is 1. The molecule has 3 aromatic rings. The van der Waals surface area contributed by atoms with Gasteiger partial charge < -0.3 is 4.74 Å². The molecule has 0 bridgehead atoms. The van der Waals surface area contributed by atoms with Gasteiger partial charge in [0.15, 0.2) is 10.5 Å². The molecule has 3 nitrogen and oxygen atoms in total. The third-order valence-electron chi connectivity index (χ3n) is 4.92. The van der Waals surface area contributed by atoms with Gasteiger partial charge in [-0.1, -0.05) is 60.3 Å². The molecule has 4 heteroatoms. The fourth-order valence-corrected chi connectivity index (χ4v) is 5.09. The third kappa shape index (κ3) is 1.96. The van der Waals surface area contributed by atoms with E-state index in [0.717, 1.165) is 38.7 Å². The van der Waals surface area contributed by atoms with Crippen molar-refractivity contribution in [2.45, 2.75) is 9.64 Å². The standard InChI is InChI=1S/C22H15NO2S/c1-25-15-8-6-7-14(13-15)22-20(16-9-2-3-10-17(16)21(22)24)23-18-11-4-5-12-19(18)26-22/h2-13H,1H3. The number of ether oxygens (including phenoxy) is 1. The molecule has 0 saturated carbocycles. The van der Waals surface area contributed by atoms with Crippen LogP contribution in [0.4, 0.5) is 5.69 Å². The van der Waals surface area contributed by atoms with Crippen LogP contribution in [0, 0.1) is 0 Å². The number of carbonyl (C=O) groups is 1. The van der Waals surface area contributed by atoms with Crippen molar-refractivity contribution in [3.63, 3.8) is 0 Å². The van der Waals surface area contributed by atoms with Crippen molar-refractivity contribution in [3.8, 4) is 5.75 Å². The molecule has 0 saturated heterocycles. The summed E-state index contributed by atoms with van der Waals surface area (Å²) in [6.45, 7) is 0. The zero-order chi connectivity index (χ0) is 17.7. The molecule has 3 aromatic carbocycles. The molecule has 1 aliphatic carbocycles. The normalized spacial score (nSPS) is 20.0. The van der Waals surface area contributed by atoms with Gasteiger partial charge in [-0.15, -0.1) is 0 Å². The first-order valence-corrected chi connectivity index (χ1v) is 9.21. The van der Waals surface area contributed by atoms with E-state index in [0.29, 0.717) is 0 Å². The van der Waals surface area contributed by atoms with Gasteiger partial charge in [0, 0.05) is 16.0 Å². The van der Waals surface area contributed by atoms with Crippen LogP contribution in [0.25, 0.3) is 0 Å². The van der Waals surface area contributed by atoms with E-state index >= 15 is 0 Å². The summed E-state index contributed by atoms with van der Waals surface area (Å²) in [4.78, 5) is 19.6. The Labute approximate surface area is 155 Å². The van der Waals surface area contributed by atoms with Crippen LogP contribution in [0.2, 0.25) is 0 Å². The van der Waals surface area contributed by atoms with E-state index in [9.17, 15) is 4.79 Å². The fraction of sp³-hybridized carbons (Fsp3) is 0.0909. The van der Waals surface area contributed by atoms with Crippen LogP contribution in [-0.2, 0) is 4.75 Å². The quantitative estimate of drug-likeness (QED) is 0.647. The van der Waals surface area contributed by atoms with E-state index in [1.54, 1.807) is 18.9 Å². The van der Waals surface area contributed by atoms with Crippen LogP contribution in [0.15, 0.2) is 82.7 Å². The monoisotopic (exact) mass is 357 g/mol. The maximum absolute atomic E-state index is 13.6. The van der Waals surface area contributed by atoms with Crippen LogP contribution in [0.5, 0.6) is 5.75 Å². The zero-order valence-electron chi connectivity index (χ0n) is 14.1. The second kappa shape index (κ2) is 5.58. The van der Waals surface area contributed by atoms with E-state index < -0.39 is 4.75 Å². The van der Waals surface area contributed by atoms with Gasteiger partial charge in [0.25, 0.3) is 0 Å². The van der Waals surface area contributed by atoms with Gasteiger partial charge >= 0.3 is 0 Å². The number of thioether (sulfide) groups is 1. The Kier molecular flexibility index (Phi) is 3.31. The number of carbonyl (C=O) groups excluding carboxylic acids is 1. The van der Waals surface area contributed by atoms with Gasteiger partial charge in [0.1, 0.15) is 5.75 Å². The number of para-hydroxylation sites is 1. The molecule has 26 heavy (non-hydrogen) atoms. The maximum atomic E-state index is 13.6. The third-order valence-corrected chi connectivity index (χ3v) is 6.40. The zero-order valence-corrected chi connectivity index (χ0v) is 14.9. The van der Waals surface area contributed by atoms with Crippen LogP contribution in [0.1, 0.15) is 21.5 Å². The highest BCUT2D eigenvalue weighted by Crippen LogP contribution is 2.56. The molecule has 1 atom stereocenters.